The third-order valence-corrected chi connectivity index (χ3v) is 3.48. The van der Waals surface area contributed by atoms with Gasteiger partial charge in [0.1, 0.15) is 17.7 Å². The van der Waals surface area contributed by atoms with Gasteiger partial charge in [0.25, 0.3) is 0 Å². The molecule has 2 N–H and O–H groups in total. The summed E-state index contributed by atoms with van der Waals surface area (Å²) in [5, 5.41) is 6.44. The number of hydrogen-bond donors (Lipinski definition) is 2. The first-order valence-electron chi connectivity index (χ1n) is 8.54. The van der Waals surface area contributed by atoms with Crippen molar-refractivity contribution < 1.29 is 13.9 Å². The third kappa shape index (κ3) is 8.42. The van der Waals surface area contributed by atoms with Crippen molar-refractivity contribution in [3.05, 3.63) is 54.0 Å². The standard InChI is InChI=1S/C19H25FN4O2.HI/c1-4-21-19(24-13-15-9-10-22-18(11-15)25-3)23-12-14(2)26-17-7-5-16(20)6-8-17;/h5-11,14H,4,12-13H2,1-3H3,(H2,21,23,24);1H. The predicted molar refractivity (Wildman–Crippen MR) is 116 cm³/mol. The lowest BCUT2D eigenvalue weighted by atomic mass is 10.3. The number of benzene rings is 1. The molecule has 0 saturated carbocycles. The molecule has 0 amide bonds. The van der Waals surface area contributed by atoms with Crippen LogP contribution in [0.4, 0.5) is 4.39 Å². The molecule has 8 heteroatoms. The van der Waals surface area contributed by atoms with Crippen LogP contribution in [-0.4, -0.2) is 37.2 Å². The van der Waals surface area contributed by atoms with Gasteiger partial charge in [-0.3, -0.25) is 0 Å². The van der Waals surface area contributed by atoms with Crippen LogP contribution in [0.5, 0.6) is 11.6 Å². The fraction of sp³-hybridized carbons (Fsp3) is 0.368. The summed E-state index contributed by atoms with van der Waals surface area (Å²) < 4.78 is 23.8. The summed E-state index contributed by atoms with van der Waals surface area (Å²) in [6, 6.07) is 9.74. The fourth-order valence-electron chi connectivity index (χ4n) is 2.20. The minimum Gasteiger partial charge on any atom is -0.489 e. The Bertz CT molecular complexity index is 713. The lowest BCUT2D eigenvalue weighted by Gasteiger charge is -2.17. The van der Waals surface area contributed by atoms with E-state index in [0.717, 1.165) is 12.1 Å². The number of rotatable bonds is 8. The molecule has 0 aliphatic heterocycles. The molecule has 0 saturated heterocycles. The van der Waals surface area contributed by atoms with Crippen molar-refractivity contribution in [2.45, 2.75) is 26.5 Å². The highest BCUT2D eigenvalue weighted by molar-refractivity contribution is 14.0. The number of halogens is 2. The normalized spacial score (nSPS) is 11.9. The maximum absolute atomic E-state index is 12.9. The molecule has 0 aliphatic rings. The van der Waals surface area contributed by atoms with Crippen LogP contribution < -0.4 is 20.1 Å². The highest BCUT2D eigenvalue weighted by Crippen LogP contribution is 2.13. The second-order valence-corrected chi connectivity index (χ2v) is 5.66. The lowest BCUT2D eigenvalue weighted by molar-refractivity contribution is 0.223. The Balaban J connectivity index is 0.00000364. The van der Waals surface area contributed by atoms with E-state index in [1.807, 2.05) is 26.0 Å². The van der Waals surface area contributed by atoms with Gasteiger partial charge in [-0.05, 0) is 49.7 Å². The van der Waals surface area contributed by atoms with Crippen molar-refractivity contribution >= 4 is 29.9 Å². The summed E-state index contributed by atoms with van der Waals surface area (Å²) >= 11 is 0. The van der Waals surface area contributed by atoms with Crippen LogP contribution in [0.15, 0.2) is 47.6 Å². The summed E-state index contributed by atoms with van der Waals surface area (Å²) in [5.74, 6) is 1.61. The molecule has 1 aromatic heterocycles. The largest absolute Gasteiger partial charge is 0.489 e. The first-order chi connectivity index (χ1) is 12.6. The zero-order valence-electron chi connectivity index (χ0n) is 15.7. The van der Waals surface area contributed by atoms with Crippen LogP contribution in [0.3, 0.4) is 0 Å². The number of nitrogens with one attached hydrogen (secondary N) is 2. The predicted octanol–water partition coefficient (Wildman–Crippen LogP) is 3.37. The summed E-state index contributed by atoms with van der Waals surface area (Å²) in [7, 11) is 1.59. The number of methoxy groups -OCH3 is 1. The van der Waals surface area contributed by atoms with Crippen molar-refractivity contribution in [1.29, 1.82) is 0 Å². The molecule has 148 valence electrons. The number of ether oxygens (including phenoxy) is 2. The third-order valence-electron chi connectivity index (χ3n) is 3.48. The number of pyridine rings is 1. The molecule has 1 unspecified atom stereocenters. The van der Waals surface area contributed by atoms with Gasteiger partial charge in [-0.1, -0.05) is 0 Å². The summed E-state index contributed by atoms with van der Waals surface area (Å²) in [6.45, 7) is 5.75. The van der Waals surface area contributed by atoms with E-state index in [1.165, 1.54) is 12.1 Å². The number of hydrogen-bond acceptors (Lipinski definition) is 4. The molecule has 0 spiro atoms. The van der Waals surface area contributed by atoms with Crippen molar-refractivity contribution in [2.75, 3.05) is 20.2 Å². The highest BCUT2D eigenvalue weighted by Gasteiger charge is 2.06. The van der Waals surface area contributed by atoms with Crippen LogP contribution in [0, 0.1) is 5.82 Å². The van der Waals surface area contributed by atoms with Crippen LogP contribution in [0.1, 0.15) is 19.4 Å². The molecule has 2 rings (SSSR count). The minimum atomic E-state index is -0.280. The monoisotopic (exact) mass is 488 g/mol. The van der Waals surface area contributed by atoms with E-state index in [1.54, 1.807) is 25.4 Å². The smallest absolute Gasteiger partial charge is 0.213 e. The Hall–Kier alpha value is -2.10. The summed E-state index contributed by atoms with van der Waals surface area (Å²) in [6.07, 6.45) is 1.59. The van der Waals surface area contributed by atoms with Gasteiger partial charge in [0, 0.05) is 18.8 Å². The van der Waals surface area contributed by atoms with E-state index >= 15 is 0 Å². The van der Waals surface area contributed by atoms with Crippen molar-refractivity contribution in [2.24, 2.45) is 4.99 Å². The maximum Gasteiger partial charge on any atom is 0.213 e. The Morgan fingerprint density at radius 3 is 2.63 bits per heavy atom. The zero-order chi connectivity index (χ0) is 18.8. The number of guanidine groups is 1. The molecule has 27 heavy (non-hydrogen) atoms. The Morgan fingerprint density at radius 2 is 1.96 bits per heavy atom. The SMILES string of the molecule is CCNC(=NCc1ccnc(OC)c1)NCC(C)Oc1ccc(F)cc1.I. The van der Waals surface area contributed by atoms with Gasteiger partial charge >= 0.3 is 0 Å². The first kappa shape index (κ1) is 22.9. The Labute approximate surface area is 176 Å². The van der Waals surface area contributed by atoms with Crippen LogP contribution in [-0.2, 0) is 6.54 Å². The van der Waals surface area contributed by atoms with Crippen LogP contribution in [0.2, 0.25) is 0 Å². The molecule has 0 radical (unpaired) electrons. The molecular formula is C19H26FIN4O2. The summed E-state index contributed by atoms with van der Waals surface area (Å²) in [4.78, 5) is 8.64. The van der Waals surface area contributed by atoms with Crippen molar-refractivity contribution in [3.8, 4) is 11.6 Å². The molecule has 6 nitrogen and oxygen atoms in total. The maximum atomic E-state index is 12.9. The van der Waals surface area contributed by atoms with E-state index in [-0.39, 0.29) is 35.9 Å². The number of aliphatic imine (C=N–C) groups is 1. The molecule has 0 bridgehead atoms. The zero-order valence-corrected chi connectivity index (χ0v) is 18.1. The number of nitrogens with zero attached hydrogens (tertiary/aromatic N) is 2. The Morgan fingerprint density at radius 1 is 1.22 bits per heavy atom. The van der Waals surface area contributed by atoms with Gasteiger partial charge in [0.2, 0.25) is 5.88 Å². The van der Waals surface area contributed by atoms with Gasteiger partial charge in [0.15, 0.2) is 5.96 Å². The van der Waals surface area contributed by atoms with E-state index in [9.17, 15) is 4.39 Å². The summed E-state index contributed by atoms with van der Waals surface area (Å²) in [5.41, 5.74) is 1.00. The average Bonchev–Trinajstić information content (AvgIpc) is 2.66. The van der Waals surface area contributed by atoms with Crippen LogP contribution >= 0.6 is 24.0 Å². The van der Waals surface area contributed by atoms with E-state index in [2.05, 4.69) is 20.6 Å². The van der Waals surface area contributed by atoms with E-state index in [4.69, 9.17) is 9.47 Å². The van der Waals surface area contributed by atoms with Gasteiger partial charge < -0.3 is 20.1 Å². The molecular weight excluding hydrogens is 462 g/mol. The van der Waals surface area contributed by atoms with Crippen LogP contribution in [0.25, 0.3) is 0 Å². The molecule has 0 aliphatic carbocycles. The lowest BCUT2D eigenvalue weighted by Crippen LogP contribution is -2.41. The second-order valence-electron chi connectivity index (χ2n) is 5.66. The van der Waals surface area contributed by atoms with Gasteiger partial charge in [-0.15, -0.1) is 24.0 Å². The topological polar surface area (TPSA) is 67.8 Å². The molecule has 2 aromatic rings. The Kier molecular flexibility index (Phi) is 10.5. The van der Waals surface area contributed by atoms with Gasteiger partial charge in [-0.2, -0.15) is 0 Å². The highest BCUT2D eigenvalue weighted by atomic mass is 127. The van der Waals surface area contributed by atoms with Gasteiger partial charge in [-0.25, -0.2) is 14.4 Å². The second kappa shape index (κ2) is 12.3. The fourth-order valence-corrected chi connectivity index (χ4v) is 2.20. The van der Waals surface area contributed by atoms with E-state index < -0.39 is 0 Å². The minimum absolute atomic E-state index is 0. The van der Waals surface area contributed by atoms with E-state index in [0.29, 0.717) is 30.7 Å². The van der Waals surface area contributed by atoms with Gasteiger partial charge in [0.05, 0.1) is 20.2 Å². The average molecular weight is 488 g/mol. The number of aromatic nitrogens is 1. The molecule has 0 fully saturated rings. The quantitative estimate of drug-likeness (QED) is 0.339. The molecule has 1 heterocycles. The van der Waals surface area contributed by atoms with Crippen molar-refractivity contribution in [3.63, 3.8) is 0 Å². The first-order valence-corrected chi connectivity index (χ1v) is 8.54. The molecule has 1 atom stereocenters. The molecule has 1 aromatic carbocycles. The van der Waals surface area contributed by atoms with Crippen molar-refractivity contribution in [1.82, 2.24) is 15.6 Å².